The molecule has 0 saturated carbocycles. The van der Waals surface area contributed by atoms with Gasteiger partial charge in [0.1, 0.15) is 10.6 Å². The number of para-hydroxylation sites is 1. The van der Waals surface area contributed by atoms with E-state index < -0.39 is 0 Å². The Kier molecular flexibility index (Phi) is 6.40. The number of fused-ring (bicyclic) bond motifs is 3. The van der Waals surface area contributed by atoms with Gasteiger partial charge < -0.3 is 0 Å². The molecule has 2 aromatic heterocycles. The van der Waals surface area contributed by atoms with Crippen LogP contribution in [0.3, 0.4) is 0 Å². The highest BCUT2D eigenvalue weighted by atomic mass is 32.2. The Morgan fingerprint density at radius 1 is 1.14 bits per heavy atom. The predicted octanol–water partition coefficient (Wildman–Crippen LogP) is 6.71. The molecule has 35 heavy (non-hydrogen) atoms. The Balaban J connectivity index is 1.57. The van der Waals surface area contributed by atoms with Crippen LogP contribution in [-0.4, -0.2) is 21.1 Å². The van der Waals surface area contributed by atoms with Crippen LogP contribution in [0.1, 0.15) is 48.0 Å². The number of aryl methyl sites for hydroxylation is 1. The molecule has 0 bridgehead atoms. The normalized spacial score (nSPS) is 15.8. The van der Waals surface area contributed by atoms with Crippen LogP contribution in [0, 0.1) is 17.2 Å². The summed E-state index contributed by atoms with van der Waals surface area (Å²) in [5.74, 6) is 0.159. The fourth-order valence-corrected chi connectivity index (χ4v) is 6.94. The van der Waals surface area contributed by atoms with Gasteiger partial charge in [-0.3, -0.25) is 14.2 Å². The lowest BCUT2D eigenvalue weighted by Crippen LogP contribution is -2.27. The van der Waals surface area contributed by atoms with Gasteiger partial charge in [-0.05, 0) is 72.6 Å². The minimum absolute atomic E-state index is 0.0790. The Labute approximate surface area is 212 Å². The van der Waals surface area contributed by atoms with Crippen molar-refractivity contribution in [2.24, 2.45) is 11.3 Å². The van der Waals surface area contributed by atoms with Gasteiger partial charge in [0.05, 0.1) is 16.8 Å². The van der Waals surface area contributed by atoms with Crippen LogP contribution in [0.25, 0.3) is 15.9 Å². The van der Waals surface area contributed by atoms with E-state index in [2.05, 4.69) is 20.8 Å². The molecule has 180 valence electrons. The van der Waals surface area contributed by atoms with Crippen molar-refractivity contribution < 1.29 is 9.18 Å². The van der Waals surface area contributed by atoms with E-state index in [1.807, 2.05) is 30.3 Å². The molecule has 0 saturated heterocycles. The molecule has 1 aliphatic rings. The van der Waals surface area contributed by atoms with Gasteiger partial charge in [-0.15, -0.1) is 11.3 Å². The number of benzene rings is 2. The molecule has 2 heterocycles. The van der Waals surface area contributed by atoms with Gasteiger partial charge in [-0.25, -0.2) is 9.37 Å². The van der Waals surface area contributed by atoms with E-state index in [9.17, 15) is 14.0 Å². The van der Waals surface area contributed by atoms with E-state index in [1.54, 1.807) is 15.9 Å². The first-order chi connectivity index (χ1) is 16.7. The summed E-state index contributed by atoms with van der Waals surface area (Å²) in [6.07, 6.45) is 2.92. The molecule has 0 aliphatic heterocycles. The number of Topliss-reactive ketones (excluding diaryl/α,β-unsaturated/α-hetero) is 1. The van der Waals surface area contributed by atoms with Crippen molar-refractivity contribution in [1.82, 2.24) is 9.55 Å². The monoisotopic (exact) mass is 506 g/mol. The van der Waals surface area contributed by atoms with E-state index in [1.165, 1.54) is 40.9 Å². The Bertz CT molecular complexity index is 1450. The molecule has 0 fully saturated rings. The second kappa shape index (κ2) is 9.36. The number of carbonyl (C=O) groups is 1. The van der Waals surface area contributed by atoms with Crippen LogP contribution in [0.2, 0.25) is 0 Å². The fraction of sp³-hybridized carbons (Fsp3) is 0.321. The second-order valence-corrected chi connectivity index (χ2v) is 12.1. The third kappa shape index (κ3) is 4.71. The number of hydrogen-bond donors (Lipinski definition) is 0. The summed E-state index contributed by atoms with van der Waals surface area (Å²) in [6.45, 7) is 6.84. The summed E-state index contributed by atoms with van der Waals surface area (Å²) in [4.78, 5) is 33.6. The van der Waals surface area contributed by atoms with Gasteiger partial charge in [-0.1, -0.05) is 50.7 Å². The van der Waals surface area contributed by atoms with Crippen LogP contribution in [0.4, 0.5) is 4.39 Å². The Hall–Kier alpha value is -2.77. The van der Waals surface area contributed by atoms with Gasteiger partial charge in [0.15, 0.2) is 10.9 Å². The van der Waals surface area contributed by atoms with Gasteiger partial charge in [0.25, 0.3) is 5.56 Å². The summed E-state index contributed by atoms with van der Waals surface area (Å²) in [5, 5.41) is 1.21. The predicted molar refractivity (Wildman–Crippen MR) is 142 cm³/mol. The van der Waals surface area contributed by atoms with Crippen molar-refractivity contribution in [2.75, 3.05) is 5.75 Å². The maximum Gasteiger partial charge on any atom is 0.267 e. The topological polar surface area (TPSA) is 52.0 Å². The molecular formula is C28H27FN2O2S2. The zero-order chi connectivity index (χ0) is 24.7. The van der Waals surface area contributed by atoms with E-state index in [0.717, 1.165) is 40.7 Å². The number of nitrogens with zero attached hydrogens (tertiary/aromatic N) is 2. The molecule has 2 aromatic carbocycles. The average Bonchev–Trinajstić information content (AvgIpc) is 3.21. The van der Waals surface area contributed by atoms with Gasteiger partial charge >= 0.3 is 0 Å². The summed E-state index contributed by atoms with van der Waals surface area (Å²) >= 11 is 2.86. The lowest BCUT2D eigenvalue weighted by atomic mass is 9.72. The molecule has 1 aliphatic carbocycles. The molecule has 7 heteroatoms. The standard InChI is InChI=1S/C28H27FN2O2S2/c1-28(2,3)18-11-14-21-23(15-18)35-25-24(21)26(33)31(20-7-5-4-6-8-20)27(30-25)34-16-22(32)17-9-12-19(29)13-10-17/h4-10,12-13,18H,11,14-16H2,1-3H3/t18-/m1/s1. The number of rotatable bonds is 5. The van der Waals surface area contributed by atoms with Crippen molar-refractivity contribution in [2.45, 2.75) is 45.2 Å². The quantitative estimate of drug-likeness (QED) is 0.171. The minimum Gasteiger partial charge on any atom is -0.293 e. The van der Waals surface area contributed by atoms with Crippen molar-refractivity contribution >= 4 is 39.1 Å². The van der Waals surface area contributed by atoms with Crippen molar-refractivity contribution in [3.05, 3.63) is 86.8 Å². The van der Waals surface area contributed by atoms with E-state index >= 15 is 0 Å². The molecular weight excluding hydrogens is 479 g/mol. The van der Waals surface area contributed by atoms with Gasteiger partial charge in [0.2, 0.25) is 0 Å². The van der Waals surface area contributed by atoms with Crippen molar-refractivity contribution in [1.29, 1.82) is 0 Å². The average molecular weight is 507 g/mol. The lowest BCUT2D eigenvalue weighted by Gasteiger charge is -2.33. The second-order valence-electron chi connectivity index (χ2n) is 10.1. The Morgan fingerprint density at radius 3 is 2.54 bits per heavy atom. The first-order valence-corrected chi connectivity index (χ1v) is 13.6. The molecule has 0 amide bonds. The maximum absolute atomic E-state index is 13.9. The molecule has 5 rings (SSSR count). The largest absolute Gasteiger partial charge is 0.293 e. The smallest absolute Gasteiger partial charge is 0.267 e. The SMILES string of the molecule is CC(C)(C)[C@@H]1CCc2c(sc3nc(SCC(=O)c4ccc(F)cc4)n(-c4ccccc4)c(=O)c23)C1. The molecule has 0 unspecified atom stereocenters. The zero-order valence-corrected chi connectivity index (χ0v) is 21.6. The highest BCUT2D eigenvalue weighted by Crippen LogP contribution is 2.42. The summed E-state index contributed by atoms with van der Waals surface area (Å²) in [6, 6.07) is 15.0. The summed E-state index contributed by atoms with van der Waals surface area (Å²) < 4.78 is 14.9. The number of aromatic nitrogens is 2. The third-order valence-electron chi connectivity index (χ3n) is 6.79. The molecule has 0 spiro atoms. The number of carbonyl (C=O) groups excluding carboxylic acids is 1. The number of thiophene rings is 1. The van der Waals surface area contributed by atoms with E-state index in [0.29, 0.717) is 16.6 Å². The van der Waals surface area contributed by atoms with Gasteiger partial charge in [0, 0.05) is 10.4 Å². The molecule has 4 aromatic rings. The van der Waals surface area contributed by atoms with Crippen molar-refractivity contribution in [3.63, 3.8) is 0 Å². The molecule has 1 atom stereocenters. The van der Waals surface area contributed by atoms with Crippen LogP contribution < -0.4 is 5.56 Å². The zero-order valence-electron chi connectivity index (χ0n) is 20.0. The number of thioether (sulfide) groups is 1. The van der Waals surface area contributed by atoms with Crippen LogP contribution in [0.5, 0.6) is 0 Å². The Morgan fingerprint density at radius 2 is 1.86 bits per heavy atom. The van der Waals surface area contributed by atoms with Crippen molar-refractivity contribution in [3.8, 4) is 5.69 Å². The molecule has 0 N–H and O–H groups in total. The maximum atomic E-state index is 13.9. The first-order valence-electron chi connectivity index (χ1n) is 11.8. The number of halogens is 1. The first kappa shape index (κ1) is 23.9. The summed E-state index contributed by atoms with van der Waals surface area (Å²) in [5.41, 5.74) is 2.45. The minimum atomic E-state index is -0.380. The molecule has 0 radical (unpaired) electrons. The highest BCUT2D eigenvalue weighted by Gasteiger charge is 2.32. The number of ketones is 1. The fourth-order valence-electron chi connectivity index (χ4n) is 4.70. The lowest BCUT2D eigenvalue weighted by molar-refractivity contribution is 0.102. The third-order valence-corrected chi connectivity index (χ3v) is 8.88. The molecule has 4 nitrogen and oxygen atoms in total. The van der Waals surface area contributed by atoms with Crippen LogP contribution in [-0.2, 0) is 12.8 Å². The van der Waals surface area contributed by atoms with Crippen LogP contribution in [0.15, 0.2) is 64.5 Å². The number of hydrogen-bond acceptors (Lipinski definition) is 5. The summed E-state index contributed by atoms with van der Waals surface area (Å²) in [7, 11) is 0. The van der Waals surface area contributed by atoms with E-state index in [-0.39, 0.29) is 28.3 Å². The highest BCUT2D eigenvalue weighted by molar-refractivity contribution is 7.99. The van der Waals surface area contributed by atoms with Gasteiger partial charge in [-0.2, -0.15) is 0 Å². The van der Waals surface area contributed by atoms with E-state index in [4.69, 9.17) is 4.98 Å². The van der Waals surface area contributed by atoms with Crippen LogP contribution >= 0.6 is 23.1 Å².